The minimum atomic E-state index is -0.796. The lowest BCUT2D eigenvalue weighted by Gasteiger charge is -2.38. The van der Waals surface area contributed by atoms with E-state index in [4.69, 9.17) is 9.47 Å². The molecular weight excluding hydrogens is 244 g/mol. The number of rotatable bonds is 2. The van der Waals surface area contributed by atoms with Crippen LogP contribution in [-0.2, 0) is 19.1 Å². The molecule has 1 fully saturated rings. The van der Waals surface area contributed by atoms with Gasteiger partial charge in [-0.25, -0.2) is 0 Å². The van der Waals surface area contributed by atoms with Gasteiger partial charge in [-0.05, 0) is 6.92 Å². The van der Waals surface area contributed by atoms with Crippen molar-refractivity contribution in [2.75, 3.05) is 6.61 Å². The molecule has 4 heteroatoms. The van der Waals surface area contributed by atoms with E-state index in [1.165, 1.54) is 0 Å². The Morgan fingerprint density at radius 1 is 0.895 bits per heavy atom. The second-order valence-corrected chi connectivity index (χ2v) is 7.35. The van der Waals surface area contributed by atoms with Crippen LogP contribution >= 0.6 is 0 Å². The predicted octanol–water partition coefficient (Wildman–Crippen LogP) is 2.39. The zero-order valence-electron chi connectivity index (χ0n) is 13.1. The molecule has 0 aromatic rings. The van der Waals surface area contributed by atoms with Gasteiger partial charge < -0.3 is 9.47 Å². The summed E-state index contributed by atoms with van der Waals surface area (Å²) < 4.78 is 11.3. The lowest BCUT2D eigenvalue weighted by molar-refractivity contribution is -0.194. The zero-order chi connectivity index (χ0) is 15.0. The van der Waals surface area contributed by atoms with Crippen molar-refractivity contribution in [3.63, 3.8) is 0 Å². The highest BCUT2D eigenvalue weighted by atomic mass is 16.6. The van der Waals surface area contributed by atoms with Crippen LogP contribution in [0, 0.1) is 10.8 Å². The molecule has 1 heterocycles. The predicted molar refractivity (Wildman–Crippen MR) is 73.0 cm³/mol. The number of ketones is 2. The molecule has 1 aliphatic heterocycles. The van der Waals surface area contributed by atoms with Crippen LogP contribution in [0.4, 0.5) is 0 Å². The van der Waals surface area contributed by atoms with Crippen molar-refractivity contribution in [2.45, 2.75) is 66.8 Å². The molecule has 0 aromatic carbocycles. The Balaban J connectivity index is 3.01. The van der Waals surface area contributed by atoms with Crippen LogP contribution in [0.3, 0.4) is 0 Å². The van der Waals surface area contributed by atoms with E-state index in [-0.39, 0.29) is 17.7 Å². The minimum Gasteiger partial charge on any atom is -0.364 e. The van der Waals surface area contributed by atoms with Crippen LogP contribution in [-0.4, -0.2) is 36.5 Å². The van der Waals surface area contributed by atoms with Crippen molar-refractivity contribution < 1.29 is 19.1 Å². The minimum absolute atomic E-state index is 0.0815. The summed E-state index contributed by atoms with van der Waals surface area (Å²) in [5.41, 5.74) is -1.10. The van der Waals surface area contributed by atoms with Crippen LogP contribution < -0.4 is 0 Å². The molecule has 0 aliphatic carbocycles. The molecule has 110 valence electrons. The van der Waals surface area contributed by atoms with Gasteiger partial charge in [0.2, 0.25) is 0 Å². The third kappa shape index (κ3) is 3.86. The number of ether oxygens (including phenoxy) is 2. The summed E-state index contributed by atoms with van der Waals surface area (Å²) in [5, 5.41) is 0. The Hall–Kier alpha value is -0.740. The molecule has 19 heavy (non-hydrogen) atoms. The van der Waals surface area contributed by atoms with E-state index in [0.717, 1.165) is 0 Å². The molecular formula is C15H26O4. The average Bonchev–Trinajstić information content (AvgIpc) is 2.24. The van der Waals surface area contributed by atoms with Gasteiger partial charge in [0.25, 0.3) is 0 Å². The highest BCUT2D eigenvalue weighted by molar-refractivity contribution is 5.97. The van der Waals surface area contributed by atoms with Gasteiger partial charge in [0.05, 0.1) is 12.7 Å². The quantitative estimate of drug-likeness (QED) is 0.773. The topological polar surface area (TPSA) is 52.6 Å². The Labute approximate surface area is 115 Å². The van der Waals surface area contributed by atoms with Gasteiger partial charge in [-0.2, -0.15) is 0 Å². The Morgan fingerprint density at radius 3 is 1.74 bits per heavy atom. The van der Waals surface area contributed by atoms with Gasteiger partial charge in [-0.15, -0.1) is 0 Å². The maximum Gasteiger partial charge on any atom is 0.170 e. The molecule has 0 aromatic heterocycles. The van der Waals surface area contributed by atoms with Crippen molar-refractivity contribution in [2.24, 2.45) is 10.8 Å². The van der Waals surface area contributed by atoms with Gasteiger partial charge >= 0.3 is 0 Å². The molecule has 3 unspecified atom stereocenters. The molecule has 4 nitrogen and oxygen atoms in total. The summed E-state index contributed by atoms with van der Waals surface area (Å²) in [7, 11) is 0. The fraction of sp³-hybridized carbons (Fsp3) is 0.867. The molecule has 0 radical (unpaired) electrons. The number of hydrogen-bond donors (Lipinski definition) is 0. The number of Topliss-reactive ketones (excluding diaryl/α,β-unsaturated/α-hetero) is 2. The first-order valence-corrected chi connectivity index (χ1v) is 6.80. The molecule has 0 N–H and O–H groups in total. The average molecular weight is 270 g/mol. The van der Waals surface area contributed by atoms with Gasteiger partial charge in [0.15, 0.2) is 11.6 Å². The smallest absolute Gasteiger partial charge is 0.170 e. The molecule has 1 aliphatic rings. The van der Waals surface area contributed by atoms with E-state index in [1.807, 2.05) is 48.5 Å². The van der Waals surface area contributed by atoms with E-state index in [1.54, 1.807) is 0 Å². The standard InChI is InChI=1S/C15H26O4/c1-9-8-18-10(12(16)14(2,3)4)11(19-9)13(17)15(5,6)7/h9-11H,8H2,1-7H3. The first-order chi connectivity index (χ1) is 8.44. The first-order valence-electron chi connectivity index (χ1n) is 6.80. The first kappa shape index (κ1) is 16.3. The van der Waals surface area contributed by atoms with Gasteiger partial charge in [0, 0.05) is 10.8 Å². The third-order valence-corrected chi connectivity index (χ3v) is 3.16. The van der Waals surface area contributed by atoms with Crippen LogP contribution in [0.1, 0.15) is 48.5 Å². The summed E-state index contributed by atoms with van der Waals surface area (Å²) in [4.78, 5) is 24.9. The van der Waals surface area contributed by atoms with Crippen LogP contribution in [0.15, 0.2) is 0 Å². The van der Waals surface area contributed by atoms with Crippen LogP contribution in [0.2, 0.25) is 0 Å². The van der Waals surface area contributed by atoms with Gasteiger partial charge in [-0.1, -0.05) is 41.5 Å². The fourth-order valence-corrected chi connectivity index (χ4v) is 1.95. The number of hydrogen-bond acceptors (Lipinski definition) is 4. The van der Waals surface area contributed by atoms with Crippen molar-refractivity contribution in [3.8, 4) is 0 Å². The molecule has 0 spiro atoms. The monoisotopic (exact) mass is 270 g/mol. The SMILES string of the molecule is CC1COC(C(=O)C(C)(C)C)C(C(=O)C(C)(C)C)O1. The maximum atomic E-state index is 12.4. The highest BCUT2D eigenvalue weighted by Crippen LogP contribution is 2.29. The van der Waals surface area contributed by atoms with E-state index in [2.05, 4.69) is 0 Å². The van der Waals surface area contributed by atoms with Gasteiger partial charge in [0.1, 0.15) is 12.2 Å². The van der Waals surface area contributed by atoms with E-state index < -0.39 is 23.0 Å². The lowest BCUT2D eigenvalue weighted by atomic mass is 9.80. The van der Waals surface area contributed by atoms with Crippen LogP contribution in [0.25, 0.3) is 0 Å². The van der Waals surface area contributed by atoms with Crippen molar-refractivity contribution in [1.29, 1.82) is 0 Å². The second kappa shape index (κ2) is 5.33. The van der Waals surface area contributed by atoms with Crippen molar-refractivity contribution in [3.05, 3.63) is 0 Å². The molecule has 0 bridgehead atoms. The zero-order valence-corrected chi connectivity index (χ0v) is 13.1. The summed E-state index contributed by atoms with van der Waals surface area (Å²) in [6.07, 6.45) is -1.75. The summed E-state index contributed by atoms with van der Waals surface area (Å²) >= 11 is 0. The summed E-state index contributed by atoms with van der Waals surface area (Å²) in [6.45, 7) is 13.2. The lowest BCUT2D eigenvalue weighted by Crippen LogP contribution is -2.55. The molecule has 0 amide bonds. The van der Waals surface area contributed by atoms with Crippen LogP contribution in [0.5, 0.6) is 0 Å². The largest absolute Gasteiger partial charge is 0.364 e. The third-order valence-electron chi connectivity index (χ3n) is 3.16. The Bertz CT molecular complexity index is 359. The molecule has 1 rings (SSSR count). The van der Waals surface area contributed by atoms with E-state index >= 15 is 0 Å². The Kier molecular flexibility index (Phi) is 4.58. The van der Waals surface area contributed by atoms with Crippen molar-refractivity contribution >= 4 is 11.6 Å². The highest BCUT2D eigenvalue weighted by Gasteiger charge is 2.46. The summed E-state index contributed by atoms with van der Waals surface area (Å²) in [5.74, 6) is -0.163. The molecule has 1 saturated heterocycles. The van der Waals surface area contributed by atoms with E-state index in [9.17, 15) is 9.59 Å². The molecule has 3 atom stereocenters. The maximum absolute atomic E-state index is 12.4. The molecule has 0 saturated carbocycles. The fourth-order valence-electron chi connectivity index (χ4n) is 1.95. The second-order valence-electron chi connectivity index (χ2n) is 7.35. The normalized spacial score (nSPS) is 29.1. The summed E-state index contributed by atoms with van der Waals surface area (Å²) in [6, 6.07) is 0. The van der Waals surface area contributed by atoms with Gasteiger partial charge in [-0.3, -0.25) is 9.59 Å². The number of carbonyl (C=O) groups is 2. The van der Waals surface area contributed by atoms with Crippen molar-refractivity contribution in [1.82, 2.24) is 0 Å². The number of carbonyl (C=O) groups excluding carboxylic acids is 2. The van der Waals surface area contributed by atoms with E-state index in [0.29, 0.717) is 6.61 Å². The Morgan fingerprint density at radius 2 is 1.32 bits per heavy atom.